The molecule has 2 heterocycles. The van der Waals surface area contributed by atoms with Crippen LogP contribution in [0.4, 0.5) is 4.79 Å². The van der Waals surface area contributed by atoms with E-state index in [2.05, 4.69) is 4.98 Å². The maximum absolute atomic E-state index is 13.8. The van der Waals surface area contributed by atoms with Crippen molar-refractivity contribution < 1.29 is 33.8 Å². The van der Waals surface area contributed by atoms with Crippen LogP contribution in [0.15, 0.2) is 24.3 Å². The maximum atomic E-state index is 13.8. The van der Waals surface area contributed by atoms with Crippen LogP contribution in [0.5, 0.6) is 5.75 Å². The number of para-hydroxylation sites is 1. The molecule has 2 unspecified atom stereocenters. The molecule has 1 aliphatic rings. The van der Waals surface area contributed by atoms with Crippen molar-refractivity contribution in [3.8, 4) is 5.75 Å². The summed E-state index contributed by atoms with van der Waals surface area (Å²) in [6, 6.07) is 6.59. The fourth-order valence-corrected chi connectivity index (χ4v) is 4.41. The average molecular weight is 487 g/mol. The lowest BCUT2D eigenvalue weighted by Gasteiger charge is -2.40. The van der Waals surface area contributed by atoms with E-state index in [0.29, 0.717) is 10.9 Å². The first-order valence-corrected chi connectivity index (χ1v) is 11.4. The molecule has 11 nitrogen and oxygen atoms in total. The van der Waals surface area contributed by atoms with Crippen LogP contribution in [0.2, 0.25) is 0 Å². The third-order valence-corrected chi connectivity index (χ3v) is 6.03. The summed E-state index contributed by atoms with van der Waals surface area (Å²) in [6.07, 6.45) is -0.859. The first kappa shape index (κ1) is 25.7. The molecule has 0 bridgehead atoms. The number of hydrogen-bond acceptors (Lipinski definition) is 7. The minimum absolute atomic E-state index is 0.0484. The lowest BCUT2D eigenvalue weighted by molar-refractivity contribution is -0.139. The molecule has 2 aromatic rings. The number of amides is 3. The first-order chi connectivity index (χ1) is 16.7. The van der Waals surface area contributed by atoms with E-state index in [1.54, 1.807) is 43.0 Å². The molecule has 1 saturated heterocycles. The van der Waals surface area contributed by atoms with Gasteiger partial charge in [0.15, 0.2) is 0 Å². The average Bonchev–Trinajstić information content (AvgIpc) is 2.82. The van der Waals surface area contributed by atoms with Crippen LogP contribution in [0.3, 0.4) is 0 Å². The van der Waals surface area contributed by atoms with Gasteiger partial charge in [0.05, 0.1) is 30.8 Å². The molecular weight excluding hydrogens is 456 g/mol. The maximum Gasteiger partial charge on any atom is 0.409 e. The van der Waals surface area contributed by atoms with E-state index < -0.39 is 29.8 Å². The van der Waals surface area contributed by atoms with Gasteiger partial charge in [-0.25, -0.2) is 4.79 Å². The summed E-state index contributed by atoms with van der Waals surface area (Å²) in [4.78, 5) is 57.6. The molecule has 3 rings (SSSR count). The van der Waals surface area contributed by atoms with Crippen LogP contribution >= 0.6 is 0 Å². The summed E-state index contributed by atoms with van der Waals surface area (Å²) in [5, 5.41) is 9.88. The number of aromatic nitrogens is 1. The van der Waals surface area contributed by atoms with Gasteiger partial charge in [0.1, 0.15) is 11.3 Å². The van der Waals surface area contributed by atoms with Gasteiger partial charge in [-0.3, -0.25) is 19.4 Å². The van der Waals surface area contributed by atoms with Gasteiger partial charge < -0.3 is 30.1 Å². The Kier molecular flexibility index (Phi) is 8.10. The number of piperazine rings is 1. The second-order valence-corrected chi connectivity index (χ2v) is 8.30. The van der Waals surface area contributed by atoms with Gasteiger partial charge in [-0.1, -0.05) is 12.1 Å². The lowest BCUT2D eigenvalue weighted by Crippen LogP contribution is -2.56. The predicted molar refractivity (Wildman–Crippen MR) is 126 cm³/mol. The number of aliphatic carboxylic acids is 1. The number of carboxylic acids is 1. The minimum atomic E-state index is -1.09. The van der Waals surface area contributed by atoms with Crippen LogP contribution in [-0.2, 0) is 14.3 Å². The monoisotopic (exact) mass is 486 g/mol. The topological polar surface area (TPSA) is 152 Å². The number of carboxylic acid groups (broad SMARTS) is 1. The number of nitrogens with zero attached hydrogens (tertiary/aromatic N) is 3. The molecule has 1 aromatic heterocycles. The number of nitrogens with two attached hydrogens (primary N) is 1. The van der Waals surface area contributed by atoms with Crippen molar-refractivity contribution >= 4 is 34.8 Å². The number of hydrogen-bond donors (Lipinski definition) is 2. The fourth-order valence-electron chi connectivity index (χ4n) is 4.41. The van der Waals surface area contributed by atoms with Crippen molar-refractivity contribution in [2.75, 3.05) is 33.4 Å². The van der Waals surface area contributed by atoms with Crippen LogP contribution in [0.25, 0.3) is 10.9 Å². The third-order valence-electron chi connectivity index (χ3n) is 6.03. The molecule has 0 spiro atoms. The zero-order valence-electron chi connectivity index (χ0n) is 20.0. The number of rotatable bonds is 8. The Labute approximate surface area is 202 Å². The number of ether oxygens (including phenoxy) is 2. The normalized spacial score (nSPS) is 16.6. The second kappa shape index (κ2) is 11.0. The summed E-state index contributed by atoms with van der Waals surface area (Å²) >= 11 is 0. The molecule has 188 valence electrons. The highest BCUT2D eigenvalue weighted by molar-refractivity contribution is 6.04. The van der Waals surface area contributed by atoms with Gasteiger partial charge in [0.25, 0.3) is 5.91 Å². The molecule has 11 heteroatoms. The molecule has 0 aliphatic carbocycles. The predicted octanol–water partition coefficient (Wildman–Crippen LogP) is 1.98. The SMILES string of the molecule is CCOC(=O)N1CCN(C(=O)C(CCC(=O)O)c2nc3ccccc3c(OC)c2C(N)=O)C(C)C1. The van der Waals surface area contributed by atoms with Crippen LogP contribution in [-0.4, -0.2) is 83.2 Å². The summed E-state index contributed by atoms with van der Waals surface area (Å²) in [7, 11) is 1.39. The van der Waals surface area contributed by atoms with Crippen molar-refractivity contribution in [1.82, 2.24) is 14.8 Å². The van der Waals surface area contributed by atoms with E-state index in [1.807, 2.05) is 0 Å². The van der Waals surface area contributed by atoms with Crippen LogP contribution < -0.4 is 10.5 Å². The van der Waals surface area contributed by atoms with E-state index in [1.165, 1.54) is 12.0 Å². The molecule has 0 saturated carbocycles. The van der Waals surface area contributed by atoms with Gasteiger partial charge in [-0.2, -0.15) is 0 Å². The van der Waals surface area contributed by atoms with E-state index in [4.69, 9.17) is 15.2 Å². The quantitative estimate of drug-likeness (QED) is 0.574. The molecule has 2 atom stereocenters. The molecule has 35 heavy (non-hydrogen) atoms. The number of methoxy groups -OCH3 is 1. The highest BCUT2D eigenvalue weighted by Crippen LogP contribution is 2.36. The van der Waals surface area contributed by atoms with Gasteiger partial charge >= 0.3 is 12.1 Å². The number of carbonyl (C=O) groups excluding carboxylic acids is 3. The largest absolute Gasteiger partial charge is 0.495 e. The number of primary amides is 1. The Morgan fingerprint density at radius 1 is 1.23 bits per heavy atom. The molecule has 1 aliphatic heterocycles. The summed E-state index contributed by atoms with van der Waals surface area (Å²) in [5.74, 6) is -3.18. The van der Waals surface area contributed by atoms with E-state index >= 15 is 0 Å². The Morgan fingerprint density at radius 2 is 1.94 bits per heavy atom. The summed E-state index contributed by atoms with van der Waals surface area (Å²) in [5.41, 5.74) is 6.22. The van der Waals surface area contributed by atoms with E-state index in [0.717, 1.165) is 0 Å². The first-order valence-electron chi connectivity index (χ1n) is 11.4. The Bertz CT molecular complexity index is 1140. The van der Waals surface area contributed by atoms with Gasteiger partial charge in [0.2, 0.25) is 5.91 Å². The second-order valence-electron chi connectivity index (χ2n) is 8.30. The summed E-state index contributed by atoms with van der Waals surface area (Å²) in [6.45, 7) is 4.50. The standard InChI is InChI=1S/C24H30N4O7/c1-4-35-24(33)27-11-12-28(14(2)13-27)23(32)16(9-10-18(29)30)20-19(22(25)31)21(34-3)15-7-5-6-8-17(15)26-20/h5-8,14,16H,4,9-13H2,1-3H3,(H2,25,31)(H,29,30). The van der Waals surface area contributed by atoms with Gasteiger partial charge in [-0.05, 0) is 32.4 Å². The van der Waals surface area contributed by atoms with Crippen molar-refractivity contribution in [2.24, 2.45) is 5.73 Å². The van der Waals surface area contributed by atoms with Crippen LogP contribution in [0.1, 0.15) is 48.7 Å². The Hall–Kier alpha value is -3.89. The number of carbonyl (C=O) groups is 4. The fraction of sp³-hybridized carbons (Fsp3) is 0.458. The molecule has 3 amide bonds. The molecule has 0 radical (unpaired) electrons. The number of fused-ring (bicyclic) bond motifs is 1. The van der Waals surface area contributed by atoms with Crippen molar-refractivity contribution in [3.63, 3.8) is 0 Å². The molecular formula is C24H30N4O7. The van der Waals surface area contributed by atoms with E-state index in [-0.39, 0.29) is 62.1 Å². The highest BCUT2D eigenvalue weighted by atomic mass is 16.6. The molecule has 1 aromatic carbocycles. The number of benzene rings is 1. The highest BCUT2D eigenvalue weighted by Gasteiger charge is 2.37. The van der Waals surface area contributed by atoms with Gasteiger partial charge in [-0.15, -0.1) is 0 Å². The smallest absolute Gasteiger partial charge is 0.409 e. The Morgan fingerprint density at radius 3 is 2.54 bits per heavy atom. The van der Waals surface area contributed by atoms with Crippen molar-refractivity contribution in [1.29, 1.82) is 0 Å². The zero-order valence-corrected chi connectivity index (χ0v) is 20.0. The third kappa shape index (κ3) is 5.44. The lowest BCUT2D eigenvalue weighted by atomic mass is 9.91. The minimum Gasteiger partial charge on any atom is -0.495 e. The van der Waals surface area contributed by atoms with Gasteiger partial charge in [0, 0.05) is 37.5 Å². The molecule has 1 fully saturated rings. The molecule has 3 N–H and O–H groups in total. The van der Waals surface area contributed by atoms with Crippen molar-refractivity contribution in [3.05, 3.63) is 35.5 Å². The Balaban J connectivity index is 2.05. The zero-order chi connectivity index (χ0) is 25.7. The van der Waals surface area contributed by atoms with Crippen LogP contribution in [0, 0.1) is 0 Å². The summed E-state index contributed by atoms with van der Waals surface area (Å²) < 4.78 is 10.6. The number of pyridine rings is 1. The van der Waals surface area contributed by atoms with Crippen molar-refractivity contribution in [2.45, 2.75) is 38.6 Å². The van der Waals surface area contributed by atoms with E-state index in [9.17, 15) is 24.3 Å².